The van der Waals surface area contributed by atoms with Crippen LogP contribution in [0.4, 0.5) is 0 Å². The third-order valence-corrected chi connectivity index (χ3v) is 4.55. The lowest BCUT2D eigenvalue weighted by Gasteiger charge is -2.30. The molecule has 1 fully saturated rings. The van der Waals surface area contributed by atoms with Crippen molar-refractivity contribution in [1.82, 2.24) is 0 Å². The summed E-state index contributed by atoms with van der Waals surface area (Å²) >= 11 is 0. The molecule has 0 amide bonds. The van der Waals surface area contributed by atoms with Gasteiger partial charge in [0, 0.05) is 12.8 Å². The number of likely N-dealkylation sites (tertiary alicyclic amines) is 1. The number of nitrogens with one attached hydrogen (secondary N) is 1. The molecule has 0 saturated carbocycles. The molecule has 0 spiro atoms. The Kier molecular flexibility index (Phi) is 3.62. The van der Waals surface area contributed by atoms with Crippen molar-refractivity contribution < 1.29 is 19.7 Å². The minimum atomic E-state index is 0.552. The second-order valence-electron chi connectivity index (χ2n) is 5.51. The third kappa shape index (κ3) is 2.19. The molecular weight excluding hydrogens is 240 g/mol. The van der Waals surface area contributed by atoms with Crippen LogP contribution in [-0.4, -0.2) is 33.9 Å². The summed E-state index contributed by atoms with van der Waals surface area (Å²) in [7, 11) is 3.53. The van der Waals surface area contributed by atoms with E-state index in [-0.39, 0.29) is 0 Å². The van der Waals surface area contributed by atoms with Gasteiger partial charge in [-0.15, -0.1) is 0 Å². The zero-order chi connectivity index (χ0) is 13.2. The highest BCUT2D eigenvalue weighted by Crippen LogP contribution is 2.34. The van der Waals surface area contributed by atoms with Crippen molar-refractivity contribution >= 4 is 0 Å². The van der Waals surface area contributed by atoms with E-state index >= 15 is 0 Å². The molecule has 0 aromatic heterocycles. The van der Waals surface area contributed by atoms with E-state index in [1.165, 1.54) is 37.1 Å². The van der Waals surface area contributed by atoms with Crippen LogP contribution >= 0.6 is 0 Å². The maximum absolute atomic E-state index is 5.62. The number of benzene rings is 1. The van der Waals surface area contributed by atoms with E-state index in [0.29, 0.717) is 6.04 Å². The van der Waals surface area contributed by atoms with Gasteiger partial charge in [-0.25, -0.2) is 0 Å². The van der Waals surface area contributed by atoms with Gasteiger partial charge in [0.1, 0.15) is 24.6 Å². The van der Waals surface area contributed by atoms with Crippen LogP contribution in [0.2, 0.25) is 0 Å². The molecule has 2 aliphatic rings. The number of fused-ring (bicyclic) bond motifs is 1. The van der Waals surface area contributed by atoms with E-state index in [2.05, 4.69) is 11.4 Å². The van der Waals surface area contributed by atoms with Gasteiger partial charge >= 0.3 is 0 Å². The van der Waals surface area contributed by atoms with E-state index in [0.717, 1.165) is 24.6 Å². The van der Waals surface area contributed by atoms with Crippen molar-refractivity contribution in [3.8, 4) is 11.5 Å². The van der Waals surface area contributed by atoms with Gasteiger partial charge in [0.25, 0.3) is 0 Å². The summed E-state index contributed by atoms with van der Waals surface area (Å²) in [5.74, 6) is 2.05. The van der Waals surface area contributed by atoms with Gasteiger partial charge in [-0.2, -0.15) is 0 Å². The highest BCUT2D eigenvalue weighted by molar-refractivity contribution is 5.50. The molecule has 1 atom stereocenters. The summed E-state index contributed by atoms with van der Waals surface area (Å²) in [5.41, 5.74) is 2.72. The van der Waals surface area contributed by atoms with E-state index in [4.69, 9.17) is 9.47 Å². The Morgan fingerprint density at radius 3 is 2.47 bits per heavy atom. The monoisotopic (exact) mass is 264 g/mol. The van der Waals surface area contributed by atoms with Crippen molar-refractivity contribution in [2.45, 2.75) is 25.4 Å². The smallest absolute Gasteiger partial charge is 0.167 e. The van der Waals surface area contributed by atoms with Gasteiger partial charge in [0.2, 0.25) is 0 Å². The van der Waals surface area contributed by atoms with Crippen LogP contribution < -0.4 is 19.7 Å². The van der Waals surface area contributed by atoms with Crippen LogP contribution in [0.15, 0.2) is 12.1 Å². The van der Waals surface area contributed by atoms with Crippen molar-refractivity contribution in [2.75, 3.05) is 33.9 Å². The Morgan fingerprint density at radius 1 is 1.11 bits per heavy atom. The molecule has 3 rings (SSSR count). The SMILES string of the molecule is COc1ccc(OC)c2c1C[NH2+]C[C@H]2[NH+]1CCCC1. The molecule has 0 bridgehead atoms. The topological polar surface area (TPSA) is 39.5 Å². The fraction of sp³-hybridized carbons (Fsp3) is 0.600. The molecule has 1 saturated heterocycles. The van der Waals surface area contributed by atoms with Crippen LogP contribution in [0.25, 0.3) is 0 Å². The summed E-state index contributed by atoms with van der Waals surface area (Å²) < 4.78 is 11.2. The molecule has 1 aromatic rings. The van der Waals surface area contributed by atoms with Crippen molar-refractivity contribution in [3.05, 3.63) is 23.3 Å². The first kappa shape index (κ1) is 12.8. The Bertz CT molecular complexity index is 456. The molecule has 2 heterocycles. The number of rotatable bonds is 3. The molecular formula is C15H24N2O2+2. The van der Waals surface area contributed by atoms with Crippen molar-refractivity contribution in [1.29, 1.82) is 0 Å². The number of quaternary nitrogens is 2. The largest absolute Gasteiger partial charge is 0.496 e. The standard InChI is InChI=1S/C15H22N2O2/c1-18-13-5-6-14(19-2)15-11(13)9-16-10-12(15)17-7-3-4-8-17/h5-6,12,16H,3-4,7-10H2,1-2H3/p+2/t12-/m1/s1. The van der Waals surface area contributed by atoms with Gasteiger partial charge in [-0.1, -0.05) is 0 Å². The highest BCUT2D eigenvalue weighted by Gasteiger charge is 2.37. The average molecular weight is 264 g/mol. The second-order valence-corrected chi connectivity index (χ2v) is 5.51. The molecule has 4 nitrogen and oxygen atoms in total. The van der Waals surface area contributed by atoms with Gasteiger partial charge in [0.05, 0.1) is 38.4 Å². The Labute approximate surface area is 114 Å². The van der Waals surface area contributed by atoms with Crippen LogP contribution in [0, 0.1) is 0 Å². The van der Waals surface area contributed by atoms with Gasteiger partial charge in [-0.05, 0) is 12.1 Å². The fourth-order valence-corrected chi connectivity index (χ4v) is 3.65. The third-order valence-electron chi connectivity index (χ3n) is 4.55. The molecule has 3 N–H and O–H groups in total. The lowest BCUT2D eigenvalue weighted by molar-refractivity contribution is -0.937. The van der Waals surface area contributed by atoms with Crippen LogP contribution in [0.5, 0.6) is 11.5 Å². The molecule has 0 unspecified atom stereocenters. The zero-order valence-corrected chi connectivity index (χ0v) is 11.9. The van der Waals surface area contributed by atoms with Gasteiger partial charge in [0.15, 0.2) is 6.04 Å². The number of ether oxygens (including phenoxy) is 2. The van der Waals surface area contributed by atoms with Crippen molar-refractivity contribution in [3.63, 3.8) is 0 Å². The Hall–Kier alpha value is -1.26. The van der Waals surface area contributed by atoms with E-state index in [9.17, 15) is 0 Å². The maximum atomic E-state index is 5.62. The highest BCUT2D eigenvalue weighted by atomic mass is 16.5. The fourth-order valence-electron chi connectivity index (χ4n) is 3.65. The van der Waals surface area contributed by atoms with Crippen LogP contribution in [0.1, 0.15) is 30.0 Å². The van der Waals surface area contributed by atoms with Gasteiger partial charge < -0.3 is 19.7 Å². The number of methoxy groups -OCH3 is 2. The molecule has 1 aromatic carbocycles. The van der Waals surface area contributed by atoms with E-state index in [1.54, 1.807) is 19.1 Å². The number of hydrogen-bond donors (Lipinski definition) is 2. The second kappa shape index (κ2) is 5.39. The number of hydrogen-bond acceptors (Lipinski definition) is 2. The summed E-state index contributed by atoms with van der Waals surface area (Å²) in [5, 5.41) is 2.40. The minimum Gasteiger partial charge on any atom is -0.496 e. The van der Waals surface area contributed by atoms with Crippen LogP contribution in [0.3, 0.4) is 0 Å². The van der Waals surface area contributed by atoms with E-state index < -0.39 is 0 Å². The summed E-state index contributed by atoms with van der Waals surface area (Å²) in [6.45, 7) is 4.74. The summed E-state index contributed by atoms with van der Waals surface area (Å²) in [6, 6.07) is 4.65. The summed E-state index contributed by atoms with van der Waals surface area (Å²) in [6.07, 6.45) is 2.71. The van der Waals surface area contributed by atoms with Crippen molar-refractivity contribution in [2.24, 2.45) is 0 Å². The maximum Gasteiger partial charge on any atom is 0.167 e. The first-order valence-corrected chi connectivity index (χ1v) is 7.25. The predicted octanol–water partition coefficient (Wildman–Crippen LogP) is -0.499. The normalized spacial score (nSPS) is 23.2. The first-order valence-electron chi connectivity index (χ1n) is 7.25. The van der Waals surface area contributed by atoms with Crippen LogP contribution in [-0.2, 0) is 6.54 Å². The van der Waals surface area contributed by atoms with Gasteiger partial charge in [-0.3, -0.25) is 0 Å². The minimum absolute atomic E-state index is 0.552. The predicted molar refractivity (Wildman–Crippen MR) is 72.7 cm³/mol. The molecule has 2 aliphatic heterocycles. The zero-order valence-electron chi connectivity index (χ0n) is 11.9. The average Bonchev–Trinajstić information content (AvgIpc) is 2.99. The lowest BCUT2D eigenvalue weighted by atomic mass is 9.93. The quantitative estimate of drug-likeness (QED) is 0.773. The number of nitrogens with two attached hydrogens (primary N) is 1. The molecule has 104 valence electrons. The lowest BCUT2D eigenvalue weighted by Crippen LogP contribution is -3.13. The van der Waals surface area contributed by atoms with E-state index in [1.807, 2.05) is 6.07 Å². The first-order chi connectivity index (χ1) is 9.35. The Balaban J connectivity index is 2.05. The molecule has 4 heteroatoms. The summed E-state index contributed by atoms with van der Waals surface area (Å²) in [4.78, 5) is 1.71. The Morgan fingerprint density at radius 2 is 1.79 bits per heavy atom. The molecule has 0 radical (unpaired) electrons. The molecule has 0 aliphatic carbocycles. The molecule has 19 heavy (non-hydrogen) atoms.